The van der Waals surface area contributed by atoms with Crippen LogP contribution >= 0.6 is 0 Å². The Morgan fingerprint density at radius 1 is 1.07 bits per heavy atom. The normalized spacial score (nSPS) is 25.4. The largest absolute Gasteiger partial charge is 0.508 e. The first-order chi connectivity index (χ1) is 19.3. The van der Waals surface area contributed by atoms with Gasteiger partial charge in [-0.25, -0.2) is 4.79 Å². The van der Waals surface area contributed by atoms with Crippen LogP contribution in [0.25, 0.3) is 16.9 Å². The first kappa shape index (κ1) is 27.9. The number of primary amides is 1. The van der Waals surface area contributed by atoms with Gasteiger partial charge in [-0.15, -0.1) is 0 Å². The molecule has 0 spiro atoms. The fraction of sp³-hybridized carbons (Fsp3) is 0.310. The van der Waals surface area contributed by atoms with Crippen LogP contribution in [0.3, 0.4) is 0 Å². The summed E-state index contributed by atoms with van der Waals surface area (Å²) in [5, 5.41) is 47.4. The summed E-state index contributed by atoms with van der Waals surface area (Å²) in [7, 11) is 4.33. The molecule has 0 saturated heterocycles. The zero-order chi connectivity index (χ0) is 30.0. The number of amides is 2. The molecule has 3 aliphatic rings. The summed E-state index contributed by atoms with van der Waals surface area (Å²) in [6.45, 7) is 0. The summed E-state index contributed by atoms with van der Waals surface area (Å²) in [6.07, 6.45) is -0.492. The quantitative estimate of drug-likeness (QED) is 0.298. The van der Waals surface area contributed by atoms with E-state index in [1.807, 2.05) is 0 Å². The van der Waals surface area contributed by atoms with Crippen molar-refractivity contribution in [1.29, 1.82) is 0 Å². The third-order valence-corrected chi connectivity index (χ3v) is 8.23. The van der Waals surface area contributed by atoms with Crippen LogP contribution in [0.1, 0.15) is 17.5 Å². The second kappa shape index (κ2) is 9.75. The lowest BCUT2D eigenvalue weighted by Crippen LogP contribution is -2.65. The van der Waals surface area contributed by atoms with Crippen molar-refractivity contribution in [3.63, 3.8) is 0 Å². The first-order valence-electron chi connectivity index (χ1n) is 12.8. The first-order valence-corrected chi connectivity index (χ1v) is 12.8. The Hall–Kier alpha value is -4.68. The zero-order valence-corrected chi connectivity index (χ0v) is 22.5. The predicted octanol–water partition coefficient (Wildman–Crippen LogP) is 1.81. The van der Waals surface area contributed by atoms with E-state index in [0.29, 0.717) is 22.4 Å². The maximum Gasteiger partial charge on any atom is 0.411 e. The molecule has 1 fully saturated rings. The van der Waals surface area contributed by atoms with Crippen molar-refractivity contribution < 1.29 is 44.3 Å². The number of rotatable bonds is 4. The second-order valence-electron chi connectivity index (χ2n) is 10.6. The average Bonchev–Trinajstić information content (AvgIpc) is 2.91. The van der Waals surface area contributed by atoms with E-state index in [1.165, 1.54) is 18.1 Å². The zero-order valence-electron chi connectivity index (χ0n) is 22.5. The number of nitrogens with one attached hydrogen (secondary N) is 1. The van der Waals surface area contributed by atoms with E-state index in [1.54, 1.807) is 44.4 Å². The maximum atomic E-state index is 13.9. The molecule has 3 aliphatic carbocycles. The number of likely N-dealkylation sites (N-methyl/N-ethyl adjacent to an activating group) is 1. The number of benzene rings is 2. The highest BCUT2D eigenvalue weighted by molar-refractivity contribution is 6.24. The van der Waals surface area contributed by atoms with Crippen LogP contribution in [0.15, 0.2) is 53.3 Å². The van der Waals surface area contributed by atoms with Crippen LogP contribution in [0.4, 0.5) is 10.5 Å². The minimum atomic E-state index is -2.69. The Labute approximate surface area is 234 Å². The summed E-state index contributed by atoms with van der Waals surface area (Å²) in [6, 6.07) is 8.63. The van der Waals surface area contributed by atoms with Gasteiger partial charge in [-0.1, -0.05) is 18.2 Å². The number of carbonyl (C=O) groups is 4. The maximum absolute atomic E-state index is 13.9. The van der Waals surface area contributed by atoms with E-state index < -0.39 is 64.1 Å². The third-order valence-electron chi connectivity index (χ3n) is 8.23. The molecule has 41 heavy (non-hydrogen) atoms. The Morgan fingerprint density at radius 2 is 1.73 bits per heavy atom. The number of nitrogens with zero attached hydrogens (tertiary/aromatic N) is 1. The fourth-order valence-electron chi connectivity index (χ4n) is 6.42. The van der Waals surface area contributed by atoms with Crippen molar-refractivity contribution in [2.24, 2.45) is 17.6 Å². The number of fused-ring (bicyclic) bond motifs is 3. The number of ether oxygens (including phenoxy) is 1. The minimum Gasteiger partial charge on any atom is -0.508 e. The SMILES string of the molecule is COC(=O)Nc1ccc(-c2ccc(O)c3c2C[C@@H]2C[C@@H]4[C@@H](N(C)C)C(=O)C(C(N)=O)=C(O)[C@]4(O)C(=O)C2=C3O)cc1. The van der Waals surface area contributed by atoms with Crippen molar-refractivity contribution >= 4 is 35.0 Å². The topological polar surface area (TPSA) is 200 Å². The number of methoxy groups -OCH3 is 1. The lowest BCUT2D eigenvalue weighted by molar-refractivity contribution is -0.153. The predicted molar refractivity (Wildman–Crippen MR) is 146 cm³/mol. The molecule has 5 rings (SSSR count). The molecule has 0 heterocycles. The van der Waals surface area contributed by atoms with Crippen LogP contribution in [0.5, 0.6) is 5.75 Å². The molecule has 2 amide bonds. The Bertz CT molecular complexity index is 1570. The number of phenolic OH excluding ortho intramolecular Hbond substituents is 1. The molecule has 12 heteroatoms. The molecule has 0 aromatic heterocycles. The monoisotopic (exact) mass is 563 g/mol. The number of ketones is 2. The summed E-state index contributed by atoms with van der Waals surface area (Å²) in [4.78, 5) is 52.3. The van der Waals surface area contributed by atoms with E-state index in [0.717, 1.165) is 0 Å². The molecule has 214 valence electrons. The highest BCUT2D eigenvalue weighted by Crippen LogP contribution is 2.53. The van der Waals surface area contributed by atoms with Crippen molar-refractivity contribution in [2.75, 3.05) is 26.5 Å². The highest BCUT2D eigenvalue weighted by Gasteiger charge is 2.64. The lowest BCUT2D eigenvalue weighted by Gasteiger charge is -2.50. The second-order valence-corrected chi connectivity index (χ2v) is 10.6. The number of aliphatic hydroxyl groups is 3. The number of hydrogen-bond acceptors (Lipinski definition) is 10. The smallest absolute Gasteiger partial charge is 0.411 e. The highest BCUT2D eigenvalue weighted by atomic mass is 16.5. The van der Waals surface area contributed by atoms with Crippen molar-refractivity contribution in [2.45, 2.75) is 24.5 Å². The molecule has 0 unspecified atom stereocenters. The lowest BCUT2D eigenvalue weighted by atomic mass is 9.57. The standard InChI is InChI=1S/C29H29N3O9/c1-32(2)22-17-11-13-10-16-15(12-4-6-14(7-5-12)31-28(39)41-3)8-9-18(33)20(16)23(34)19(13)25(36)29(17,40)26(37)21(24(22)35)27(30)38/h4-9,13,17,22,33-34,37,40H,10-11H2,1-3H3,(H2,30,38)(H,31,39)/t13-,17-,22-,29-/m1/s1. The number of phenols is 1. The number of aliphatic hydroxyl groups excluding tert-OH is 2. The number of carbonyl (C=O) groups excluding carboxylic acids is 4. The van der Waals surface area contributed by atoms with Gasteiger partial charge in [-0.2, -0.15) is 0 Å². The van der Waals surface area contributed by atoms with Crippen LogP contribution in [-0.4, -0.2) is 81.7 Å². The van der Waals surface area contributed by atoms with Gasteiger partial charge in [-0.3, -0.25) is 24.6 Å². The molecule has 1 saturated carbocycles. The van der Waals surface area contributed by atoms with Gasteiger partial charge in [0.05, 0.1) is 18.7 Å². The van der Waals surface area contributed by atoms with E-state index in [9.17, 15) is 39.6 Å². The van der Waals surface area contributed by atoms with Gasteiger partial charge in [-0.05, 0) is 67.7 Å². The van der Waals surface area contributed by atoms with Crippen LogP contribution in [0.2, 0.25) is 0 Å². The minimum absolute atomic E-state index is 0.00412. The van der Waals surface area contributed by atoms with Crippen LogP contribution in [0, 0.1) is 11.8 Å². The fourth-order valence-corrected chi connectivity index (χ4v) is 6.42. The van der Waals surface area contributed by atoms with Crippen molar-refractivity contribution in [3.05, 3.63) is 64.4 Å². The molecular weight excluding hydrogens is 534 g/mol. The molecule has 0 aliphatic heterocycles. The van der Waals surface area contributed by atoms with E-state index in [4.69, 9.17) is 5.73 Å². The molecule has 4 atom stereocenters. The van der Waals surface area contributed by atoms with Crippen LogP contribution < -0.4 is 11.1 Å². The Kier molecular flexibility index (Phi) is 6.63. The molecular formula is C29H29N3O9. The average molecular weight is 564 g/mol. The van der Waals surface area contributed by atoms with Gasteiger partial charge >= 0.3 is 6.09 Å². The van der Waals surface area contributed by atoms with Crippen LogP contribution in [-0.2, 0) is 25.5 Å². The summed E-state index contributed by atoms with van der Waals surface area (Å²) >= 11 is 0. The third kappa shape index (κ3) is 4.06. The number of aromatic hydroxyl groups is 1. The number of nitrogens with two attached hydrogens (primary N) is 1. The van der Waals surface area contributed by atoms with Gasteiger partial charge in [0, 0.05) is 17.2 Å². The van der Waals surface area contributed by atoms with Crippen molar-refractivity contribution in [1.82, 2.24) is 4.90 Å². The molecule has 0 radical (unpaired) electrons. The molecule has 2 aromatic rings. The van der Waals surface area contributed by atoms with Crippen molar-refractivity contribution in [3.8, 4) is 16.9 Å². The number of hydrogen-bond donors (Lipinski definition) is 6. The van der Waals surface area contributed by atoms with Gasteiger partial charge in [0.25, 0.3) is 5.91 Å². The molecule has 12 nitrogen and oxygen atoms in total. The van der Waals surface area contributed by atoms with E-state index in [-0.39, 0.29) is 29.7 Å². The van der Waals surface area contributed by atoms with E-state index >= 15 is 0 Å². The van der Waals surface area contributed by atoms with Gasteiger partial charge in [0.1, 0.15) is 22.8 Å². The van der Waals surface area contributed by atoms with Gasteiger partial charge in [0.15, 0.2) is 11.4 Å². The molecule has 7 N–H and O–H groups in total. The summed E-state index contributed by atoms with van der Waals surface area (Å²) in [5.74, 6) is -7.03. The summed E-state index contributed by atoms with van der Waals surface area (Å²) < 4.78 is 4.60. The number of anilines is 1. The van der Waals surface area contributed by atoms with Gasteiger partial charge in [0.2, 0.25) is 5.78 Å². The van der Waals surface area contributed by atoms with Gasteiger partial charge < -0.3 is 30.9 Å². The van der Waals surface area contributed by atoms with E-state index in [2.05, 4.69) is 10.1 Å². The molecule has 0 bridgehead atoms. The Morgan fingerprint density at radius 3 is 2.32 bits per heavy atom. The Balaban J connectivity index is 1.65. The molecule has 2 aromatic carbocycles. The summed E-state index contributed by atoms with van der Waals surface area (Å²) in [5.41, 5.74) is 3.92. The number of Topliss-reactive ketones (excluding diaryl/α,β-unsaturated/α-hetero) is 2.